The topological polar surface area (TPSA) is 82.8 Å². The van der Waals surface area contributed by atoms with Crippen molar-refractivity contribution in [3.8, 4) is 0 Å². The first-order valence-electron chi connectivity index (χ1n) is 6.42. The minimum Gasteiger partial charge on any atom is -0.339 e. The molecule has 2 rings (SSSR count). The normalized spacial score (nSPS) is 14.1. The molecule has 0 fully saturated rings. The van der Waals surface area contributed by atoms with Gasteiger partial charge in [0.1, 0.15) is 6.04 Å². The first-order valence-corrected chi connectivity index (χ1v) is 6.42. The SMILES string of the molecule is CC(C)n1cncc1C(N)c1noc(C(C)(C)C)n1. The van der Waals surface area contributed by atoms with Crippen LogP contribution in [0, 0.1) is 0 Å². The third-order valence-corrected chi connectivity index (χ3v) is 2.93. The summed E-state index contributed by atoms with van der Waals surface area (Å²) in [6.07, 6.45) is 3.52. The number of hydrogen-bond acceptors (Lipinski definition) is 5. The molecule has 2 aromatic rings. The maximum Gasteiger partial charge on any atom is 0.232 e. The number of imidazole rings is 1. The largest absolute Gasteiger partial charge is 0.339 e. The van der Waals surface area contributed by atoms with E-state index in [1.54, 1.807) is 12.5 Å². The Kier molecular flexibility index (Phi) is 3.45. The molecule has 0 aromatic carbocycles. The van der Waals surface area contributed by atoms with Crippen molar-refractivity contribution in [1.29, 1.82) is 0 Å². The molecule has 6 heteroatoms. The molecular formula is C13H21N5O. The molecule has 19 heavy (non-hydrogen) atoms. The summed E-state index contributed by atoms with van der Waals surface area (Å²) in [7, 11) is 0. The maximum absolute atomic E-state index is 6.21. The van der Waals surface area contributed by atoms with Crippen LogP contribution >= 0.6 is 0 Å². The molecule has 104 valence electrons. The second kappa shape index (κ2) is 4.77. The van der Waals surface area contributed by atoms with Crippen molar-refractivity contribution < 1.29 is 4.52 Å². The Balaban J connectivity index is 2.31. The summed E-state index contributed by atoms with van der Waals surface area (Å²) in [6, 6.07) is -0.137. The molecule has 0 bridgehead atoms. The van der Waals surface area contributed by atoms with Crippen molar-refractivity contribution in [3.05, 3.63) is 29.9 Å². The third-order valence-electron chi connectivity index (χ3n) is 2.93. The molecule has 0 amide bonds. The van der Waals surface area contributed by atoms with Crippen LogP contribution in [0.25, 0.3) is 0 Å². The number of nitrogens with two attached hydrogens (primary N) is 1. The fourth-order valence-electron chi connectivity index (χ4n) is 1.79. The maximum atomic E-state index is 6.21. The van der Waals surface area contributed by atoms with Gasteiger partial charge in [-0.05, 0) is 13.8 Å². The van der Waals surface area contributed by atoms with Crippen LogP contribution in [-0.4, -0.2) is 19.7 Å². The number of nitrogens with zero attached hydrogens (tertiary/aromatic N) is 4. The van der Waals surface area contributed by atoms with Gasteiger partial charge in [0.25, 0.3) is 0 Å². The van der Waals surface area contributed by atoms with Gasteiger partial charge in [-0.3, -0.25) is 0 Å². The predicted octanol–water partition coefficient (Wildman–Crippen LogP) is 2.19. The molecule has 1 atom stereocenters. The molecule has 2 N–H and O–H groups in total. The molecule has 0 spiro atoms. The lowest BCUT2D eigenvalue weighted by molar-refractivity contribution is 0.317. The van der Waals surface area contributed by atoms with Gasteiger partial charge in [-0.15, -0.1) is 0 Å². The lowest BCUT2D eigenvalue weighted by Crippen LogP contribution is -2.19. The van der Waals surface area contributed by atoms with Gasteiger partial charge in [0.05, 0.1) is 18.2 Å². The average Bonchev–Trinajstić information content (AvgIpc) is 2.96. The fourth-order valence-corrected chi connectivity index (χ4v) is 1.79. The average molecular weight is 263 g/mol. The highest BCUT2D eigenvalue weighted by Gasteiger charge is 2.25. The minimum absolute atomic E-state index is 0.177. The summed E-state index contributed by atoms with van der Waals surface area (Å²) >= 11 is 0. The monoisotopic (exact) mass is 263 g/mol. The van der Waals surface area contributed by atoms with Crippen molar-refractivity contribution in [2.75, 3.05) is 0 Å². The second-order valence-electron chi connectivity index (χ2n) is 6.00. The highest BCUT2D eigenvalue weighted by Crippen LogP contribution is 2.24. The van der Waals surface area contributed by atoms with E-state index in [1.807, 2.05) is 25.3 Å². The van der Waals surface area contributed by atoms with Crippen LogP contribution in [0.4, 0.5) is 0 Å². The first-order chi connectivity index (χ1) is 8.80. The quantitative estimate of drug-likeness (QED) is 0.917. The Bertz CT molecular complexity index is 549. The summed E-state index contributed by atoms with van der Waals surface area (Å²) in [5, 5.41) is 3.99. The minimum atomic E-state index is -0.426. The number of aromatic nitrogens is 4. The molecule has 0 saturated carbocycles. The lowest BCUT2D eigenvalue weighted by atomic mass is 9.97. The van der Waals surface area contributed by atoms with E-state index in [0.717, 1.165) is 5.69 Å². The van der Waals surface area contributed by atoms with E-state index in [9.17, 15) is 0 Å². The van der Waals surface area contributed by atoms with Gasteiger partial charge in [0.2, 0.25) is 5.89 Å². The molecule has 1 unspecified atom stereocenters. The second-order valence-corrected chi connectivity index (χ2v) is 6.00. The molecular weight excluding hydrogens is 242 g/mol. The zero-order valence-electron chi connectivity index (χ0n) is 12.1. The van der Waals surface area contributed by atoms with Gasteiger partial charge in [0.15, 0.2) is 5.82 Å². The van der Waals surface area contributed by atoms with Crippen LogP contribution in [0.3, 0.4) is 0 Å². The summed E-state index contributed by atoms with van der Waals surface area (Å²) in [5.74, 6) is 1.08. The van der Waals surface area contributed by atoms with Crippen molar-refractivity contribution in [2.24, 2.45) is 5.73 Å². The Hall–Kier alpha value is -1.69. The van der Waals surface area contributed by atoms with Crippen LogP contribution in [0.15, 0.2) is 17.0 Å². The molecule has 0 saturated heterocycles. The molecule has 0 aliphatic carbocycles. The van der Waals surface area contributed by atoms with E-state index < -0.39 is 6.04 Å². The Morgan fingerprint density at radius 2 is 2.00 bits per heavy atom. The third kappa shape index (κ3) is 2.68. The zero-order valence-corrected chi connectivity index (χ0v) is 12.1. The van der Waals surface area contributed by atoms with Crippen molar-refractivity contribution in [1.82, 2.24) is 19.7 Å². The van der Waals surface area contributed by atoms with Gasteiger partial charge < -0.3 is 14.8 Å². The molecule has 2 heterocycles. The van der Waals surface area contributed by atoms with Gasteiger partial charge in [-0.1, -0.05) is 25.9 Å². The summed E-state index contributed by atoms with van der Waals surface area (Å²) in [5.41, 5.74) is 6.92. The molecule has 6 nitrogen and oxygen atoms in total. The van der Waals surface area contributed by atoms with Crippen molar-refractivity contribution >= 4 is 0 Å². The van der Waals surface area contributed by atoms with Crippen LogP contribution in [0.5, 0.6) is 0 Å². The number of hydrogen-bond donors (Lipinski definition) is 1. The highest BCUT2D eigenvalue weighted by atomic mass is 16.5. The van der Waals surface area contributed by atoms with Gasteiger partial charge >= 0.3 is 0 Å². The van der Waals surface area contributed by atoms with E-state index in [0.29, 0.717) is 11.7 Å². The molecule has 0 radical (unpaired) electrons. The van der Waals surface area contributed by atoms with Gasteiger partial charge in [-0.25, -0.2) is 4.98 Å². The Labute approximate surface area is 113 Å². The smallest absolute Gasteiger partial charge is 0.232 e. The van der Waals surface area contributed by atoms with Crippen molar-refractivity contribution in [3.63, 3.8) is 0 Å². The van der Waals surface area contributed by atoms with Crippen LogP contribution in [0.1, 0.15) is 64.1 Å². The van der Waals surface area contributed by atoms with Gasteiger partial charge in [0, 0.05) is 11.5 Å². The van der Waals surface area contributed by atoms with Crippen molar-refractivity contribution in [2.45, 2.75) is 52.1 Å². The first kappa shape index (κ1) is 13.7. The van der Waals surface area contributed by atoms with Crippen LogP contribution < -0.4 is 5.73 Å². The standard InChI is InChI=1S/C13H21N5O/c1-8(2)18-7-15-6-9(18)10(14)11-16-12(19-17-11)13(3,4)5/h6-8,10H,14H2,1-5H3. The summed E-state index contributed by atoms with van der Waals surface area (Å²) < 4.78 is 7.29. The molecule has 0 aliphatic heterocycles. The highest BCUT2D eigenvalue weighted by molar-refractivity contribution is 5.15. The van der Waals surface area contributed by atoms with Crippen LogP contribution in [-0.2, 0) is 5.41 Å². The summed E-state index contributed by atoms with van der Waals surface area (Å²) in [4.78, 5) is 8.54. The van der Waals surface area contributed by atoms with Gasteiger partial charge in [-0.2, -0.15) is 4.98 Å². The lowest BCUT2D eigenvalue weighted by Gasteiger charge is -2.15. The number of rotatable bonds is 3. The Morgan fingerprint density at radius 1 is 1.32 bits per heavy atom. The predicted molar refractivity (Wildman–Crippen MR) is 71.6 cm³/mol. The van der Waals surface area contributed by atoms with Crippen LogP contribution in [0.2, 0.25) is 0 Å². The van der Waals surface area contributed by atoms with E-state index in [-0.39, 0.29) is 11.5 Å². The fraction of sp³-hybridized carbons (Fsp3) is 0.615. The Morgan fingerprint density at radius 3 is 2.53 bits per heavy atom. The zero-order chi connectivity index (χ0) is 14.2. The molecule has 0 aliphatic rings. The van der Waals surface area contributed by atoms with E-state index in [2.05, 4.69) is 29.0 Å². The van der Waals surface area contributed by atoms with E-state index >= 15 is 0 Å². The summed E-state index contributed by atoms with van der Waals surface area (Å²) in [6.45, 7) is 10.2. The van der Waals surface area contributed by atoms with E-state index in [1.165, 1.54) is 0 Å². The van der Waals surface area contributed by atoms with E-state index in [4.69, 9.17) is 10.3 Å². The molecule has 2 aromatic heterocycles.